The highest BCUT2D eigenvalue weighted by Crippen LogP contribution is 2.32. The third-order valence-electron chi connectivity index (χ3n) is 2.47. The van der Waals surface area contributed by atoms with E-state index in [0.717, 1.165) is 12.1 Å². The number of anilines is 1. The Morgan fingerprint density at radius 2 is 2.00 bits per heavy atom. The Morgan fingerprint density at radius 3 is 2.47 bits per heavy atom. The molecule has 0 amide bonds. The van der Waals surface area contributed by atoms with Crippen molar-refractivity contribution in [1.82, 2.24) is 0 Å². The van der Waals surface area contributed by atoms with Crippen LogP contribution in [-0.4, -0.2) is 25.3 Å². The van der Waals surface area contributed by atoms with Crippen molar-refractivity contribution in [3.8, 4) is 0 Å². The molecule has 1 rings (SSSR count). The third kappa shape index (κ3) is 3.34. The molecule has 1 aromatic rings. The third-order valence-corrected chi connectivity index (χ3v) is 2.47. The molecular formula is C11H15F3N2O. The fourth-order valence-electron chi connectivity index (χ4n) is 1.57. The van der Waals surface area contributed by atoms with Crippen molar-refractivity contribution < 1.29 is 18.3 Å². The molecule has 0 aliphatic rings. The molecule has 0 saturated heterocycles. The van der Waals surface area contributed by atoms with Gasteiger partial charge < -0.3 is 15.7 Å². The summed E-state index contributed by atoms with van der Waals surface area (Å²) < 4.78 is 37.5. The molecule has 0 saturated carbocycles. The Labute approximate surface area is 97.6 Å². The molecule has 0 spiro atoms. The van der Waals surface area contributed by atoms with Gasteiger partial charge in [-0.2, -0.15) is 13.2 Å². The maximum atomic E-state index is 12.5. The zero-order valence-corrected chi connectivity index (χ0v) is 9.46. The molecule has 0 aliphatic carbocycles. The van der Waals surface area contributed by atoms with Crippen molar-refractivity contribution in [3.05, 3.63) is 29.3 Å². The molecule has 0 bridgehead atoms. The van der Waals surface area contributed by atoms with Crippen LogP contribution >= 0.6 is 0 Å². The minimum atomic E-state index is -4.36. The first-order valence-electron chi connectivity index (χ1n) is 5.12. The van der Waals surface area contributed by atoms with Gasteiger partial charge in [-0.3, -0.25) is 0 Å². The van der Waals surface area contributed by atoms with Crippen molar-refractivity contribution in [1.29, 1.82) is 0 Å². The second kappa shape index (κ2) is 5.37. The van der Waals surface area contributed by atoms with Crippen molar-refractivity contribution in [2.45, 2.75) is 12.7 Å². The molecule has 0 aliphatic heterocycles. The number of aliphatic hydroxyl groups excluding tert-OH is 1. The van der Waals surface area contributed by atoms with Gasteiger partial charge in [0.25, 0.3) is 0 Å². The predicted molar refractivity (Wildman–Crippen MR) is 59.7 cm³/mol. The summed E-state index contributed by atoms with van der Waals surface area (Å²) in [4.78, 5) is 1.67. The van der Waals surface area contributed by atoms with E-state index in [9.17, 15) is 13.2 Å². The van der Waals surface area contributed by atoms with Crippen molar-refractivity contribution in [3.63, 3.8) is 0 Å². The Morgan fingerprint density at radius 1 is 1.35 bits per heavy atom. The van der Waals surface area contributed by atoms with Gasteiger partial charge in [0, 0.05) is 25.8 Å². The summed E-state index contributed by atoms with van der Waals surface area (Å²) in [5.41, 5.74) is 5.75. The Hall–Kier alpha value is -1.27. The zero-order chi connectivity index (χ0) is 13.1. The van der Waals surface area contributed by atoms with Crippen LogP contribution in [0, 0.1) is 0 Å². The minimum absolute atomic E-state index is 0.0228. The highest BCUT2D eigenvalue weighted by molar-refractivity contribution is 5.55. The molecule has 0 atom stereocenters. The summed E-state index contributed by atoms with van der Waals surface area (Å²) in [5, 5.41) is 8.79. The van der Waals surface area contributed by atoms with Crippen molar-refractivity contribution >= 4 is 5.69 Å². The largest absolute Gasteiger partial charge is 0.416 e. The fourth-order valence-corrected chi connectivity index (χ4v) is 1.57. The maximum absolute atomic E-state index is 12.5. The molecule has 0 radical (unpaired) electrons. The SMILES string of the molecule is CN(CCO)c1ccc(C(F)(F)F)cc1CN. The van der Waals surface area contributed by atoms with Crippen LogP contribution in [0.4, 0.5) is 18.9 Å². The molecule has 0 aromatic heterocycles. The monoisotopic (exact) mass is 248 g/mol. The average Bonchev–Trinajstić information content (AvgIpc) is 2.27. The number of alkyl halides is 3. The zero-order valence-electron chi connectivity index (χ0n) is 9.46. The number of hydrogen-bond acceptors (Lipinski definition) is 3. The molecule has 0 unspecified atom stereocenters. The smallest absolute Gasteiger partial charge is 0.395 e. The normalized spacial score (nSPS) is 11.6. The Bertz CT molecular complexity index is 379. The molecule has 0 heterocycles. The Kier molecular flexibility index (Phi) is 4.36. The van der Waals surface area contributed by atoms with Crippen molar-refractivity contribution in [2.24, 2.45) is 5.73 Å². The maximum Gasteiger partial charge on any atom is 0.416 e. The van der Waals surface area contributed by atoms with Gasteiger partial charge in [-0.25, -0.2) is 0 Å². The fraction of sp³-hybridized carbons (Fsp3) is 0.455. The number of aliphatic hydroxyl groups is 1. The molecule has 6 heteroatoms. The van der Waals surface area contributed by atoms with Crippen molar-refractivity contribution in [2.75, 3.05) is 25.1 Å². The molecule has 17 heavy (non-hydrogen) atoms. The lowest BCUT2D eigenvalue weighted by Gasteiger charge is -2.22. The summed E-state index contributed by atoms with van der Waals surface area (Å²) in [7, 11) is 1.69. The number of rotatable bonds is 4. The number of nitrogens with zero attached hydrogens (tertiary/aromatic N) is 1. The summed E-state index contributed by atoms with van der Waals surface area (Å²) in [6.45, 7) is 0.301. The van der Waals surface area contributed by atoms with E-state index in [-0.39, 0.29) is 13.2 Å². The molecule has 3 nitrogen and oxygen atoms in total. The van der Waals surface area contributed by atoms with E-state index in [1.807, 2.05) is 0 Å². The summed E-state index contributed by atoms with van der Waals surface area (Å²) in [6.07, 6.45) is -4.36. The first-order chi connectivity index (χ1) is 7.90. The van der Waals surface area contributed by atoms with Gasteiger partial charge in [0.1, 0.15) is 0 Å². The van der Waals surface area contributed by atoms with Gasteiger partial charge in [0.05, 0.1) is 12.2 Å². The number of nitrogens with two attached hydrogens (primary N) is 1. The van der Waals surface area contributed by atoms with E-state index in [2.05, 4.69) is 0 Å². The second-order valence-electron chi connectivity index (χ2n) is 3.69. The van der Waals surface area contributed by atoms with Gasteiger partial charge >= 0.3 is 6.18 Å². The Balaban J connectivity index is 3.10. The second-order valence-corrected chi connectivity index (χ2v) is 3.69. The van der Waals surface area contributed by atoms with E-state index in [1.165, 1.54) is 6.07 Å². The lowest BCUT2D eigenvalue weighted by atomic mass is 10.1. The van der Waals surface area contributed by atoms with Crippen LogP contribution in [0.1, 0.15) is 11.1 Å². The molecule has 1 aromatic carbocycles. The van der Waals surface area contributed by atoms with Crippen LogP contribution < -0.4 is 10.6 Å². The number of likely N-dealkylation sites (N-methyl/N-ethyl adjacent to an activating group) is 1. The van der Waals surface area contributed by atoms with Gasteiger partial charge in [-0.05, 0) is 23.8 Å². The summed E-state index contributed by atoms with van der Waals surface area (Å²) in [6, 6.07) is 3.44. The minimum Gasteiger partial charge on any atom is -0.395 e. The van der Waals surface area contributed by atoms with Gasteiger partial charge in [-0.1, -0.05) is 0 Å². The number of benzene rings is 1. The van der Waals surface area contributed by atoms with E-state index in [0.29, 0.717) is 17.8 Å². The predicted octanol–water partition coefficient (Wildman–Crippen LogP) is 1.59. The molecular weight excluding hydrogens is 233 g/mol. The van der Waals surface area contributed by atoms with E-state index >= 15 is 0 Å². The first kappa shape index (κ1) is 13.8. The van der Waals surface area contributed by atoms with E-state index < -0.39 is 11.7 Å². The lowest BCUT2D eigenvalue weighted by molar-refractivity contribution is -0.137. The quantitative estimate of drug-likeness (QED) is 0.850. The van der Waals surface area contributed by atoms with Crippen LogP contribution in [0.2, 0.25) is 0 Å². The summed E-state index contributed by atoms with van der Waals surface area (Å²) >= 11 is 0. The van der Waals surface area contributed by atoms with Crippen LogP contribution in [0.15, 0.2) is 18.2 Å². The van der Waals surface area contributed by atoms with Crippen LogP contribution in [-0.2, 0) is 12.7 Å². The van der Waals surface area contributed by atoms with Crippen LogP contribution in [0.25, 0.3) is 0 Å². The average molecular weight is 248 g/mol. The van der Waals surface area contributed by atoms with Crippen LogP contribution in [0.5, 0.6) is 0 Å². The highest BCUT2D eigenvalue weighted by atomic mass is 19.4. The van der Waals surface area contributed by atoms with E-state index in [4.69, 9.17) is 10.8 Å². The number of hydrogen-bond donors (Lipinski definition) is 2. The van der Waals surface area contributed by atoms with Gasteiger partial charge in [-0.15, -0.1) is 0 Å². The first-order valence-corrected chi connectivity index (χ1v) is 5.12. The van der Waals surface area contributed by atoms with E-state index in [1.54, 1.807) is 11.9 Å². The topological polar surface area (TPSA) is 49.5 Å². The molecule has 96 valence electrons. The van der Waals surface area contributed by atoms with Gasteiger partial charge in [0.15, 0.2) is 0 Å². The van der Waals surface area contributed by atoms with Gasteiger partial charge in [0.2, 0.25) is 0 Å². The standard InChI is InChI=1S/C11H15F3N2O/c1-16(4-5-17)10-3-2-9(11(12,13)14)6-8(10)7-15/h2-3,6,17H,4-5,7,15H2,1H3. The molecule has 3 N–H and O–H groups in total. The lowest BCUT2D eigenvalue weighted by Crippen LogP contribution is -2.23. The molecule has 0 fully saturated rings. The summed E-state index contributed by atoms with van der Waals surface area (Å²) in [5.74, 6) is 0. The highest BCUT2D eigenvalue weighted by Gasteiger charge is 2.31. The van der Waals surface area contributed by atoms with Crippen LogP contribution in [0.3, 0.4) is 0 Å². The number of halogens is 3.